The van der Waals surface area contributed by atoms with Gasteiger partial charge in [0.15, 0.2) is 0 Å². The molecule has 0 radical (unpaired) electrons. The monoisotopic (exact) mass is 220 g/mol. The van der Waals surface area contributed by atoms with Crippen molar-refractivity contribution in [2.45, 2.75) is 31.8 Å². The minimum Gasteiger partial charge on any atom is -0.488 e. The Kier molecular flexibility index (Phi) is 2.99. The quantitative estimate of drug-likeness (QED) is 0.761. The smallest absolute Gasteiger partial charge is 0.248 e. The largest absolute Gasteiger partial charge is 0.488 e. The number of hydrogen-bond acceptors (Lipinski definition) is 3. The third-order valence-electron chi connectivity index (χ3n) is 2.89. The summed E-state index contributed by atoms with van der Waals surface area (Å²) in [6, 6.07) is 4.92. The second-order valence-corrected chi connectivity index (χ2v) is 4.14. The Bertz CT molecular complexity index is 398. The second-order valence-electron chi connectivity index (χ2n) is 4.14. The molecule has 1 amide bonds. The molecule has 1 aliphatic rings. The molecular weight excluding hydrogens is 204 g/mol. The van der Waals surface area contributed by atoms with Crippen LogP contribution in [0.3, 0.4) is 0 Å². The van der Waals surface area contributed by atoms with Gasteiger partial charge >= 0.3 is 0 Å². The van der Waals surface area contributed by atoms with Gasteiger partial charge in [0.05, 0.1) is 11.8 Å². The van der Waals surface area contributed by atoms with Gasteiger partial charge in [0, 0.05) is 5.56 Å². The fourth-order valence-corrected chi connectivity index (χ4v) is 1.99. The van der Waals surface area contributed by atoms with Crippen molar-refractivity contribution in [3.05, 3.63) is 23.8 Å². The van der Waals surface area contributed by atoms with E-state index in [2.05, 4.69) is 0 Å². The number of nitrogen functional groups attached to an aromatic ring is 1. The van der Waals surface area contributed by atoms with Crippen LogP contribution in [0.2, 0.25) is 0 Å². The van der Waals surface area contributed by atoms with Crippen molar-refractivity contribution >= 4 is 11.6 Å². The number of primary amides is 1. The van der Waals surface area contributed by atoms with Crippen molar-refractivity contribution in [3.8, 4) is 5.75 Å². The van der Waals surface area contributed by atoms with Crippen LogP contribution >= 0.6 is 0 Å². The fourth-order valence-electron chi connectivity index (χ4n) is 1.99. The summed E-state index contributed by atoms with van der Waals surface area (Å²) >= 11 is 0. The van der Waals surface area contributed by atoms with Gasteiger partial charge in [0.1, 0.15) is 5.75 Å². The average Bonchev–Trinajstić information content (AvgIpc) is 2.73. The summed E-state index contributed by atoms with van der Waals surface area (Å²) < 4.78 is 5.76. The van der Waals surface area contributed by atoms with Crippen LogP contribution in [0.1, 0.15) is 36.0 Å². The SMILES string of the molecule is NC(=O)c1ccc(OC2CCCC2)c(N)c1. The van der Waals surface area contributed by atoms with Gasteiger partial charge in [-0.25, -0.2) is 0 Å². The van der Waals surface area contributed by atoms with Crippen molar-refractivity contribution in [2.24, 2.45) is 5.73 Å². The fraction of sp³-hybridized carbons (Fsp3) is 0.417. The van der Waals surface area contributed by atoms with Crippen LogP contribution < -0.4 is 16.2 Å². The Labute approximate surface area is 94.6 Å². The van der Waals surface area contributed by atoms with Gasteiger partial charge in [-0.1, -0.05) is 0 Å². The summed E-state index contributed by atoms with van der Waals surface area (Å²) in [6.07, 6.45) is 4.85. The van der Waals surface area contributed by atoms with Crippen molar-refractivity contribution in [2.75, 3.05) is 5.73 Å². The topological polar surface area (TPSA) is 78.3 Å². The Balaban J connectivity index is 2.12. The molecule has 1 fully saturated rings. The lowest BCUT2D eigenvalue weighted by Crippen LogP contribution is -2.14. The van der Waals surface area contributed by atoms with Crippen molar-refractivity contribution in [1.29, 1.82) is 0 Å². The van der Waals surface area contributed by atoms with E-state index in [0.717, 1.165) is 12.8 Å². The van der Waals surface area contributed by atoms with Crippen LogP contribution in [0.15, 0.2) is 18.2 Å². The van der Waals surface area contributed by atoms with Crippen LogP contribution in [0.4, 0.5) is 5.69 Å². The average molecular weight is 220 g/mol. The summed E-state index contributed by atoms with van der Waals surface area (Å²) in [5.41, 5.74) is 11.9. The Morgan fingerprint density at radius 1 is 1.31 bits per heavy atom. The van der Waals surface area contributed by atoms with Crippen LogP contribution in [0.25, 0.3) is 0 Å². The van der Waals surface area contributed by atoms with Gasteiger partial charge in [-0.3, -0.25) is 4.79 Å². The third kappa shape index (κ3) is 2.27. The molecule has 16 heavy (non-hydrogen) atoms. The number of benzene rings is 1. The van der Waals surface area contributed by atoms with Gasteiger partial charge in [-0.2, -0.15) is 0 Å². The molecule has 4 heteroatoms. The maximum atomic E-state index is 10.9. The Morgan fingerprint density at radius 3 is 2.56 bits per heavy atom. The van der Waals surface area contributed by atoms with Gasteiger partial charge in [0.2, 0.25) is 5.91 Å². The molecule has 0 aromatic heterocycles. The molecule has 0 saturated heterocycles. The molecule has 0 unspecified atom stereocenters. The van der Waals surface area contributed by atoms with Gasteiger partial charge in [-0.05, 0) is 43.9 Å². The highest BCUT2D eigenvalue weighted by molar-refractivity contribution is 5.94. The minimum atomic E-state index is -0.473. The first-order valence-electron chi connectivity index (χ1n) is 5.53. The van der Waals surface area contributed by atoms with Crippen molar-refractivity contribution in [3.63, 3.8) is 0 Å². The molecule has 1 saturated carbocycles. The molecule has 2 rings (SSSR count). The molecule has 1 aromatic rings. The maximum Gasteiger partial charge on any atom is 0.248 e. The van der Waals surface area contributed by atoms with E-state index in [1.165, 1.54) is 12.8 Å². The normalized spacial score (nSPS) is 16.2. The number of carbonyl (C=O) groups excluding carboxylic acids is 1. The lowest BCUT2D eigenvalue weighted by Gasteiger charge is -2.15. The van der Waals surface area contributed by atoms with E-state index in [9.17, 15) is 4.79 Å². The zero-order valence-electron chi connectivity index (χ0n) is 9.11. The highest BCUT2D eigenvalue weighted by Crippen LogP contribution is 2.28. The van der Waals surface area contributed by atoms with E-state index in [1.54, 1.807) is 18.2 Å². The molecule has 0 heterocycles. The summed E-state index contributed by atoms with van der Waals surface area (Å²) in [4.78, 5) is 10.9. The third-order valence-corrected chi connectivity index (χ3v) is 2.89. The van der Waals surface area contributed by atoms with E-state index in [1.807, 2.05) is 0 Å². The standard InChI is InChI=1S/C12H16N2O2/c13-10-7-8(12(14)15)5-6-11(10)16-9-3-1-2-4-9/h5-7,9H,1-4,13H2,(H2,14,15). The molecule has 4 nitrogen and oxygen atoms in total. The molecule has 0 aliphatic heterocycles. The lowest BCUT2D eigenvalue weighted by molar-refractivity contribution is 0.100. The number of hydrogen-bond donors (Lipinski definition) is 2. The molecule has 0 bridgehead atoms. The maximum absolute atomic E-state index is 10.9. The summed E-state index contributed by atoms with van der Waals surface area (Å²) in [5.74, 6) is 0.177. The molecule has 4 N–H and O–H groups in total. The number of anilines is 1. The lowest BCUT2D eigenvalue weighted by atomic mass is 10.2. The van der Waals surface area contributed by atoms with Crippen molar-refractivity contribution < 1.29 is 9.53 Å². The minimum absolute atomic E-state index is 0.265. The van der Waals surface area contributed by atoms with Gasteiger partial charge < -0.3 is 16.2 Å². The molecule has 0 atom stereocenters. The predicted molar refractivity (Wildman–Crippen MR) is 62.3 cm³/mol. The number of ether oxygens (including phenoxy) is 1. The predicted octanol–water partition coefficient (Wildman–Crippen LogP) is 1.69. The van der Waals surface area contributed by atoms with E-state index in [0.29, 0.717) is 17.0 Å². The number of carbonyl (C=O) groups is 1. The first kappa shape index (κ1) is 10.8. The number of amides is 1. The van der Waals surface area contributed by atoms with Gasteiger partial charge in [0.25, 0.3) is 0 Å². The van der Waals surface area contributed by atoms with Crippen LogP contribution in [0.5, 0.6) is 5.75 Å². The molecule has 1 aliphatic carbocycles. The molecule has 86 valence electrons. The number of rotatable bonds is 3. The summed E-state index contributed by atoms with van der Waals surface area (Å²) in [7, 11) is 0. The summed E-state index contributed by atoms with van der Waals surface area (Å²) in [5, 5.41) is 0. The highest BCUT2D eigenvalue weighted by atomic mass is 16.5. The molecule has 0 spiro atoms. The van der Waals surface area contributed by atoms with Crippen LogP contribution in [-0.2, 0) is 0 Å². The zero-order valence-corrected chi connectivity index (χ0v) is 9.11. The molecule has 1 aromatic carbocycles. The Hall–Kier alpha value is -1.71. The first-order valence-corrected chi connectivity index (χ1v) is 5.53. The highest BCUT2D eigenvalue weighted by Gasteiger charge is 2.17. The van der Waals surface area contributed by atoms with E-state index in [4.69, 9.17) is 16.2 Å². The van der Waals surface area contributed by atoms with Crippen molar-refractivity contribution in [1.82, 2.24) is 0 Å². The van der Waals surface area contributed by atoms with E-state index in [-0.39, 0.29) is 6.10 Å². The van der Waals surface area contributed by atoms with Crippen LogP contribution in [-0.4, -0.2) is 12.0 Å². The first-order chi connectivity index (χ1) is 7.66. The van der Waals surface area contributed by atoms with Crippen LogP contribution in [0, 0.1) is 0 Å². The van der Waals surface area contributed by atoms with Gasteiger partial charge in [-0.15, -0.1) is 0 Å². The zero-order chi connectivity index (χ0) is 11.5. The van der Waals surface area contributed by atoms with E-state index < -0.39 is 5.91 Å². The molecular formula is C12H16N2O2. The van der Waals surface area contributed by atoms with E-state index >= 15 is 0 Å². The Morgan fingerprint density at radius 2 is 2.00 bits per heavy atom. The summed E-state index contributed by atoms with van der Waals surface area (Å²) in [6.45, 7) is 0. The number of nitrogens with two attached hydrogens (primary N) is 2. The second kappa shape index (κ2) is 4.43.